The van der Waals surface area contributed by atoms with E-state index in [0.717, 1.165) is 54.8 Å². The summed E-state index contributed by atoms with van der Waals surface area (Å²) < 4.78 is 5.17. The zero-order valence-corrected chi connectivity index (χ0v) is 20.5. The molecule has 0 amide bonds. The molecule has 176 valence electrons. The van der Waals surface area contributed by atoms with Gasteiger partial charge in [-0.15, -0.1) is 0 Å². The smallest absolute Gasteiger partial charge is 0.330 e. The second-order valence-corrected chi connectivity index (χ2v) is 12.0. The molecule has 4 rings (SSSR count). The van der Waals surface area contributed by atoms with Crippen LogP contribution in [0.1, 0.15) is 98.3 Å². The summed E-state index contributed by atoms with van der Waals surface area (Å²) in [6.45, 7) is 10.4. The Morgan fingerprint density at radius 1 is 1.13 bits per heavy atom. The molecule has 4 fully saturated rings. The highest BCUT2D eigenvalue weighted by Gasteiger charge is 2.60. The van der Waals surface area contributed by atoms with Gasteiger partial charge in [-0.2, -0.15) is 0 Å². The first-order chi connectivity index (χ1) is 14.8. The van der Waals surface area contributed by atoms with Crippen molar-refractivity contribution < 1.29 is 14.6 Å². The van der Waals surface area contributed by atoms with E-state index < -0.39 is 0 Å². The van der Waals surface area contributed by atoms with Gasteiger partial charge in [-0.05, 0) is 124 Å². The van der Waals surface area contributed by atoms with Crippen molar-refractivity contribution >= 4 is 5.97 Å². The van der Waals surface area contributed by atoms with Crippen LogP contribution in [0.25, 0.3) is 0 Å². The summed E-state index contributed by atoms with van der Waals surface area (Å²) >= 11 is 0. The molecule has 4 aliphatic carbocycles. The summed E-state index contributed by atoms with van der Waals surface area (Å²) in [7, 11) is 0. The summed E-state index contributed by atoms with van der Waals surface area (Å²) in [5, 5.41) is 9.31. The molecule has 8 atom stereocenters. The molecule has 31 heavy (non-hydrogen) atoms. The van der Waals surface area contributed by atoms with Gasteiger partial charge in [0.25, 0.3) is 0 Å². The lowest BCUT2D eigenvalue weighted by atomic mass is 9.44. The monoisotopic (exact) mass is 430 g/mol. The maximum atomic E-state index is 12.0. The Balaban J connectivity index is 1.47. The van der Waals surface area contributed by atoms with Crippen molar-refractivity contribution in [1.82, 2.24) is 0 Å². The number of carbonyl (C=O) groups excluding carboxylic acids is 1. The van der Waals surface area contributed by atoms with Crippen LogP contribution in [0.3, 0.4) is 0 Å². The van der Waals surface area contributed by atoms with Crippen molar-refractivity contribution in [3.05, 3.63) is 11.6 Å². The van der Waals surface area contributed by atoms with E-state index in [0.29, 0.717) is 24.0 Å². The number of allylic oxidation sites excluding steroid dienone is 1. The number of carbonyl (C=O) groups is 1. The van der Waals surface area contributed by atoms with Crippen LogP contribution in [0.15, 0.2) is 11.6 Å². The van der Waals surface area contributed by atoms with Crippen molar-refractivity contribution in [1.29, 1.82) is 0 Å². The largest absolute Gasteiger partial charge is 0.463 e. The van der Waals surface area contributed by atoms with E-state index in [4.69, 9.17) is 4.74 Å². The molecule has 4 aliphatic rings. The number of rotatable bonds is 6. The van der Waals surface area contributed by atoms with Crippen molar-refractivity contribution in [2.75, 3.05) is 13.2 Å². The van der Waals surface area contributed by atoms with Gasteiger partial charge in [-0.25, -0.2) is 4.79 Å². The maximum Gasteiger partial charge on any atom is 0.330 e. The number of ether oxygens (including phenoxy) is 1. The Morgan fingerprint density at radius 2 is 1.90 bits per heavy atom. The van der Waals surface area contributed by atoms with E-state index in [-0.39, 0.29) is 5.97 Å². The van der Waals surface area contributed by atoms with Crippen LogP contribution in [0.5, 0.6) is 0 Å². The lowest BCUT2D eigenvalue weighted by molar-refractivity contribution is -0.137. The summed E-state index contributed by atoms with van der Waals surface area (Å²) in [5.41, 5.74) is 2.30. The summed E-state index contributed by atoms with van der Waals surface area (Å²) in [6.07, 6.45) is 15.8. The standard InChI is InChI=1S/C28H46O3/c1-5-31-26(30)18-20-12-14-27(3)21(17-20)8-9-22-24-11-10-23(19(2)7-6-16-29)28(24,4)15-13-25(22)27/h18-19,21-25,29H,5-17H2,1-4H3/b20-18-/t19-,21?,22?,23-,24+,25+,27?,28?/m1/s1. The fraction of sp³-hybridized carbons (Fsp3) is 0.893. The maximum absolute atomic E-state index is 12.0. The fourth-order valence-corrected chi connectivity index (χ4v) is 9.18. The van der Waals surface area contributed by atoms with Crippen LogP contribution in [-0.4, -0.2) is 24.3 Å². The average Bonchev–Trinajstić information content (AvgIpc) is 3.09. The first-order valence-corrected chi connectivity index (χ1v) is 13.3. The molecule has 0 aromatic carbocycles. The van der Waals surface area contributed by atoms with Gasteiger partial charge >= 0.3 is 5.97 Å². The number of hydrogen-bond donors (Lipinski definition) is 1. The Kier molecular flexibility index (Phi) is 6.92. The summed E-state index contributed by atoms with van der Waals surface area (Å²) in [4.78, 5) is 12.0. The number of aliphatic hydroxyl groups excluding tert-OH is 1. The van der Waals surface area contributed by atoms with Crippen LogP contribution in [-0.2, 0) is 9.53 Å². The number of hydrogen-bond acceptors (Lipinski definition) is 3. The molecule has 0 aromatic heterocycles. The van der Waals surface area contributed by atoms with Gasteiger partial charge in [-0.3, -0.25) is 0 Å². The molecule has 3 nitrogen and oxygen atoms in total. The van der Waals surface area contributed by atoms with E-state index in [1.807, 2.05) is 13.0 Å². The Bertz CT molecular complexity index is 684. The van der Waals surface area contributed by atoms with E-state index in [1.165, 1.54) is 56.9 Å². The molecular weight excluding hydrogens is 384 g/mol. The van der Waals surface area contributed by atoms with E-state index >= 15 is 0 Å². The third-order valence-electron chi connectivity index (χ3n) is 10.7. The van der Waals surface area contributed by atoms with Crippen molar-refractivity contribution in [2.24, 2.45) is 46.3 Å². The highest BCUT2D eigenvalue weighted by molar-refractivity contribution is 5.82. The van der Waals surface area contributed by atoms with Gasteiger partial charge in [0, 0.05) is 12.7 Å². The average molecular weight is 431 g/mol. The van der Waals surface area contributed by atoms with E-state index in [2.05, 4.69) is 20.8 Å². The van der Waals surface area contributed by atoms with Gasteiger partial charge in [0.05, 0.1) is 6.61 Å². The van der Waals surface area contributed by atoms with Crippen molar-refractivity contribution in [3.8, 4) is 0 Å². The lowest BCUT2D eigenvalue weighted by Gasteiger charge is -2.61. The van der Waals surface area contributed by atoms with Crippen LogP contribution >= 0.6 is 0 Å². The second-order valence-electron chi connectivity index (χ2n) is 12.0. The lowest BCUT2D eigenvalue weighted by Crippen LogP contribution is -2.53. The minimum absolute atomic E-state index is 0.143. The quantitative estimate of drug-likeness (QED) is 0.384. The number of fused-ring (bicyclic) bond motifs is 5. The molecule has 0 bridgehead atoms. The molecular formula is C28H46O3. The van der Waals surface area contributed by atoms with Gasteiger partial charge in [0.2, 0.25) is 0 Å². The first kappa shape index (κ1) is 23.3. The molecule has 0 radical (unpaired) electrons. The predicted molar refractivity (Wildman–Crippen MR) is 125 cm³/mol. The van der Waals surface area contributed by atoms with Crippen molar-refractivity contribution in [3.63, 3.8) is 0 Å². The van der Waals surface area contributed by atoms with Gasteiger partial charge in [-0.1, -0.05) is 26.3 Å². The molecule has 0 spiro atoms. The summed E-state index contributed by atoms with van der Waals surface area (Å²) in [5.74, 6) is 4.88. The number of aliphatic hydroxyl groups is 1. The Labute approximate surface area is 190 Å². The van der Waals surface area contributed by atoms with Crippen LogP contribution in [0.4, 0.5) is 0 Å². The third kappa shape index (κ3) is 4.13. The first-order valence-electron chi connectivity index (χ1n) is 13.3. The number of esters is 1. The van der Waals surface area contributed by atoms with E-state index in [1.54, 1.807) is 0 Å². The van der Waals surface area contributed by atoms with E-state index in [9.17, 15) is 9.90 Å². The molecule has 0 saturated heterocycles. The third-order valence-corrected chi connectivity index (χ3v) is 10.7. The molecule has 0 heterocycles. The molecule has 4 unspecified atom stereocenters. The molecule has 4 saturated carbocycles. The SMILES string of the molecule is CCOC(=O)/C=C1/CCC2(C)C(CCC3[C@@H]2CCC2(C)[C@@H]([C@H](C)CCCO)CC[C@@H]32)C1. The second kappa shape index (κ2) is 9.20. The summed E-state index contributed by atoms with van der Waals surface area (Å²) in [6, 6.07) is 0. The van der Waals surface area contributed by atoms with Gasteiger partial charge < -0.3 is 9.84 Å². The highest BCUT2D eigenvalue weighted by Crippen LogP contribution is 2.68. The van der Waals surface area contributed by atoms with Crippen LogP contribution in [0.2, 0.25) is 0 Å². The molecule has 3 heteroatoms. The van der Waals surface area contributed by atoms with Gasteiger partial charge in [0.1, 0.15) is 0 Å². The zero-order chi connectivity index (χ0) is 22.2. The molecule has 0 aliphatic heterocycles. The highest BCUT2D eigenvalue weighted by atomic mass is 16.5. The Morgan fingerprint density at radius 3 is 2.65 bits per heavy atom. The van der Waals surface area contributed by atoms with Gasteiger partial charge in [0.15, 0.2) is 0 Å². The minimum atomic E-state index is -0.143. The van der Waals surface area contributed by atoms with Crippen molar-refractivity contribution in [2.45, 2.75) is 98.3 Å². The topological polar surface area (TPSA) is 46.5 Å². The van der Waals surface area contributed by atoms with Crippen LogP contribution in [0, 0.1) is 46.3 Å². The predicted octanol–water partition coefficient (Wildman–Crippen LogP) is 6.54. The minimum Gasteiger partial charge on any atom is -0.463 e. The molecule has 0 aromatic rings. The normalized spacial score (nSPS) is 44.3. The Hall–Kier alpha value is -0.830. The fourth-order valence-electron chi connectivity index (χ4n) is 9.18. The zero-order valence-electron chi connectivity index (χ0n) is 20.5. The molecule has 1 N–H and O–H groups in total. The van der Waals surface area contributed by atoms with Crippen LogP contribution < -0.4 is 0 Å².